The van der Waals surface area contributed by atoms with Crippen molar-refractivity contribution < 1.29 is 19.5 Å². The highest BCUT2D eigenvalue weighted by atomic mass is 32.2. The minimum absolute atomic E-state index is 0.0427. The van der Waals surface area contributed by atoms with Gasteiger partial charge in [0.25, 0.3) is 0 Å². The third-order valence-electron chi connectivity index (χ3n) is 4.02. The van der Waals surface area contributed by atoms with Gasteiger partial charge in [0.2, 0.25) is 5.91 Å². The smallest absolute Gasteiger partial charge is 0.326 e. The summed E-state index contributed by atoms with van der Waals surface area (Å²) in [5, 5.41) is 9.46. The lowest BCUT2D eigenvalue weighted by Crippen LogP contribution is -2.50. The van der Waals surface area contributed by atoms with Crippen molar-refractivity contribution in [3.8, 4) is 0 Å². The molecule has 2 unspecified atom stereocenters. The Bertz CT molecular complexity index is 643. The quantitative estimate of drug-likeness (QED) is 0.913. The Kier molecular flexibility index (Phi) is 5.46. The molecule has 0 aromatic heterocycles. The second-order valence-corrected chi connectivity index (χ2v) is 7.20. The van der Waals surface area contributed by atoms with Crippen molar-refractivity contribution in [2.75, 3.05) is 5.75 Å². The van der Waals surface area contributed by atoms with Crippen LogP contribution in [0.4, 0.5) is 0 Å². The van der Waals surface area contributed by atoms with Crippen molar-refractivity contribution in [2.24, 2.45) is 5.92 Å². The van der Waals surface area contributed by atoms with Gasteiger partial charge in [-0.25, -0.2) is 4.79 Å². The number of rotatable bonds is 4. The molecule has 1 amide bonds. The molecule has 5 nitrogen and oxygen atoms in total. The van der Waals surface area contributed by atoms with Gasteiger partial charge in [-0.05, 0) is 18.1 Å². The zero-order chi connectivity index (χ0) is 17.1. The molecule has 1 aromatic rings. The summed E-state index contributed by atoms with van der Waals surface area (Å²) in [4.78, 5) is 36.7. The zero-order valence-electron chi connectivity index (χ0n) is 13.5. The number of aryl methyl sites for hydroxylation is 1. The molecule has 124 valence electrons. The first-order chi connectivity index (χ1) is 10.8. The monoisotopic (exact) mass is 335 g/mol. The molecule has 1 aromatic carbocycles. The van der Waals surface area contributed by atoms with Crippen LogP contribution in [0.1, 0.15) is 30.5 Å². The number of fused-ring (bicyclic) bond motifs is 1. The van der Waals surface area contributed by atoms with Crippen LogP contribution in [0.2, 0.25) is 0 Å². The van der Waals surface area contributed by atoms with Gasteiger partial charge < -0.3 is 10.0 Å². The highest BCUT2D eigenvalue weighted by Gasteiger charge is 2.36. The third kappa shape index (κ3) is 4.13. The summed E-state index contributed by atoms with van der Waals surface area (Å²) in [7, 11) is 0. The van der Waals surface area contributed by atoms with Crippen LogP contribution in [-0.4, -0.2) is 38.8 Å². The van der Waals surface area contributed by atoms with Crippen LogP contribution in [-0.2, 0) is 27.3 Å². The summed E-state index contributed by atoms with van der Waals surface area (Å²) in [6.07, 6.45) is 0.324. The number of carbonyl (C=O) groups excluding carboxylic acids is 2. The number of hydrogen-bond donors (Lipinski definition) is 1. The minimum atomic E-state index is -0.989. The lowest BCUT2D eigenvalue weighted by molar-refractivity contribution is -0.152. The van der Waals surface area contributed by atoms with Gasteiger partial charge in [-0.3, -0.25) is 9.59 Å². The van der Waals surface area contributed by atoms with Crippen LogP contribution in [0, 0.1) is 12.8 Å². The molecule has 23 heavy (non-hydrogen) atoms. The first-order valence-electron chi connectivity index (χ1n) is 7.54. The van der Waals surface area contributed by atoms with E-state index in [0.717, 1.165) is 28.5 Å². The van der Waals surface area contributed by atoms with Crippen LogP contribution in [0.3, 0.4) is 0 Å². The fraction of sp³-hybridized carbons (Fsp3) is 0.471. The van der Waals surface area contributed by atoms with E-state index in [1.165, 1.54) is 11.8 Å². The molecular weight excluding hydrogens is 314 g/mol. The van der Waals surface area contributed by atoms with Crippen molar-refractivity contribution in [3.05, 3.63) is 34.9 Å². The van der Waals surface area contributed by atoms with Crippen molar-refractivity contribution in [1.29, 1.82) is 0 Å². The fourth-order valence-corrected chi connectivity index (χ4v) is 3.39. The number of aliphatic carboxylic acids is 1. The average Bonchev–Trinajstić information content (AvgIpc) is 2.50. The number of carboxylic acid groups (broad SMARTS) is 1. The molecule has 1 heterocycles. The number of nitrogens with zero attached hydrogens (tertiary/aromatic N) is 1. The summed E-state index contributed by atoms with van der Waals surface area (Å²) in [5.74, 6) is -1.22. The zero-order valence-corrected chi connectivity index (χ0v) is 14.4. The summed E-state index contributed by atoms with van der Waals surface area (Å²) in [6.45, 7) is 5.47. The standard InChI is InChI=1S/C17H21NO4S/c1-10-4-5-13-8-18(15(17(21)22)7-14(13)6-10)16(20)11(2)9-23-12(3)19/h4-6,11,15H,7-9H2,1-3H3,(H,21,22). The first-order valence-corrected chi connectivity index (χ1v) is 8.53. The van der Waals surface area contributed by atoms with Crippen molar-refractivity contribution in [1.82, 2.24) is 4.90 Å². The Balaban J connectivity index is 2.21. The molecule has 0 fully saturated rings. The van der Waals surface area contributed by atoms with E-state index in [1.807, 2.05) is 25.1 Å². The van der Waals surface area contributed by atoms with E-state index in [0.29, 0.717) is 18.7 Å². The van der Waals surface area contributed by atoms with E-state index in [4.69, 9.17) is 0 Å². The molecule has 0 saturated carbocycles. The molecule has 2 atom stereocenters. The molecule has 6 heteroatoms. The number of hydrogen-bond acceptors (Lipinski definition) is 4. The normalized spacial score (nSPS) is 18.2. The van der Waals surface area contributed by atoms with Crippen LogP contribution in [0.5, 0.6) is 0 Å². The number of amides is 1. The van der Waals surface area contributed by atoms with Gasteiger partial charge >= 0.3 is 5.97 Å². The number of carbonyl (C=O) groups is 3. The molecule has 1 aliphatic rings. The van der Waals surface area contributed by atoms with Crippen LogP contribution >= 0.6 is 11.8 Å². The van der Waals surface area contributed by atoms with Gasteiger partial charge in [0.05, 0.1) is 0 Å². The molecular formula is C17H21NO4S. The molecule has 0 radical (unpaired) electrons. The van der Waals surface area contributed by atoms with Crippen molar-refractivity contribution in [2.45, 2.75) is 39.8 Å². The highest BCUT2D eigenvalue weighted by molar-refractivity contribution is 8.13. The van der Waals surface area contributed by atoms with E-state index in [-0.39, 0.29) is 11.0 Å². The van der Waals surface area contributed by atoms with Gasteiger partial charge in [-0.15, -0.1) is 0 Å². The van der Waals surface area contributed by atoms with E-state index in [2.05, 4.69) is 0 Å². The Hall–Kier alpha value is -1.82. The first kappa shape index (κ1) is 17.5. The van der Waals surface area contributed by atoms with Gasteiger partial charge in [-0.2, -0.15) is 0 Å². The van der Waals surface area contributed by atoms with Gasteiger partial charge in [0, 0.05) is 31.6 Å². The second-order valence-electron chi connectivity index (χ2n) is 6.00. The Morgan fingerprint density at radius 2 is 2.04 bits per heavy atom. The van der Waals surface area contributed by atoms with Crippen LogP contribution < -0.4 is 0 Å². The fourth-order valence-electron chi connectivity index (χ4n) is 2.76. The van der Waals surface area contributed by atoms with E-state index in [9.17, 15) is 19.5 Å². The second kappa shape index (κ2) is 7.17. The predicted octanol–water partition coefficient (Wildman–Crippen LogP) is 2.25. The lowest BCUT2D eigenvalue weighted by atomic mass is 9.91. The Morgan fingerprint density at radius 3 is 2.65 bits per heavy atom. The van der Waals surface area contributed by atoms with Crippen molar-refractivity contribution >= 4 is 28.8 Å². The maximum absolute atomic E-state index is 12.6. The third-order valence-corrected chi connectivity index (χ3v) is 5.09. The summed E-state index contributed by atoms with van der Waals surface area (Å²) < 4.78 is 0. The minimum Gasteiger partial charge on any atom is -0.480 e. The molecule has 0 spiro atoms. The molecule has 0 saturated heterocycles. The Labute approximate surface area is 140 Å². The van der Waals surface area contributed by atoms with Gasteiger partial charge in [0.1, 0.15) is 6.04 Å². The maximum atomic E-state index is 12.6. The molecule has 1 N–H and O–H groups in total. The predicted molar refractivity (Wildman–Crippen MR) is 89.2 cm³/mol. The summed E-state index contributed by atoms with van der Waals surface area (Å²) >= 11 is 1.10. The summed E-state index contributed by atoms with van der Waals surface area (Å²) in [6, 6.07) is 5.07. The van der Waals surface area contributed by atoms with Gasteiger partial charge in [-0.1, -0.05) is 42.4 Å². The molecule has 0 bridgehead atoms. The number of benzene rings is 1. The maximum Gasteiger partial charge on any atom is 0.326 e. The average molecular weight is 335 g/mol. The Morgan fingerprint density at radius 1 is 1.35 bits per heavy atom. The van der Waals surface area contributed by atoms with E-state index < -0.39 is 17.9 Å². The lowest BCUT2D eigenvalue weighted by Gasteiger charge is -2.36. The van der Waals surface area contributed by atoms with Crippen LogP contribution in [0.25, 0.3) is 0 Å². The van der Waals surface area contributed by atoms with Crippen LogP contribution in [0.15, 0.2) is 18.2 Å². The summed E-state index contributed by atoms with van der Waals surface area (Å²) in [5.41, 5.74) is 3.07. The molecule has 0 aliphatic carbocycles. The number of thioether (sulfide) groups is 1. The molecule has 2 rings (SSSR count). The largest absolute Gasteiger partial charge is 0.480 e. The van der Waals surface area contributed by atoms with Crippen molar-refractivity contribution in [3.63, 3.8) is 0 Å². The molecule has 1 aliphatic heterocycles. The highest BCUT2D eigenvalue weighted by Crippen LogP contribution is 2.26. The SMILES string of the molecule is CC(=O)SCC(C)C(=O)N1Cc2ccc(C)cc2CC1C(=O)O. The van der Waals surface area contributed by atoms with E-state index in [1.54, 1.807) is 6.92 Å². The van der Waals surface area contributed by atoms with Gasteiger partial charge in [0.15, 0.2) is 5.12 Å². The topological polar surface area (TPSA) is 74.7 Å². The van der Waals surface area contributed by atoms with E-state index >= 15 is 0 Å². The number of carboxylic acids is 1.